The van der Waals surface area contributed by atoms with E-state index in [2.05, 4.69) is 46.7 Å². The molecule has 0 aromatic heterocycles. The molecule has 0 radical (unpaired) electrons. The Morgan fingerprint density at radius 1 is 1.14 bits per heavy atom. The average Bonchev–Trinajstić information content (AvgIpc) is 2.48. The normalized spacial score (nSPS) is 23.6. The van der Waals surface area contributed by atoms with Gasteiger partial charge in [-0.05, 0) is 17.2 Å². The van der Waals surface area contributed by atoms with E-state index in [1.54, 1.807) is 0 Å². The van der Waals surface area contributed by atoms with E-state index in [1.165, 1.54) is 11.1 Å². The summed E-state index contributed by atoms with van der Waals surface area (Å²) >= 11 is 0. The van der Waals surface area contributed by atoms with E-state index in [-0.39, 0.29) is 11.8 Å². The molecular weight excluding hydrogens is 272 g/mol. The van der Waals surface area contributed by atoms with Crippen LogP contribution in [0.5, 0.6) is 0 Å². The van der Waals surface area contributed by atoms with Crippen LogP contribution in [0.2, 0.25) is 0 Å². The van der Waals surface area contributed by atoms with E-state index in [4.69, 9.17) is 0 Å². The lowest BCUT2D eigenvalue weighted by atomic mass is 9.89. The Hall–Kier alpha value is -2.26. The molecule has 3 nitrogen and oxygen atoms in total. The molecule has 1 N–H and O–H groups in total. The second-order valence-corrected chi connectivity index (χ2v) is 6.08. The minimum Gasteiger partial charge on any atom is -0.315 e. The molecular formula is C19H18N2O. The number of aliphatic imine (C=N–C) groups is 1. The van der Waals surface area contributed by atoms with E-state index in [9.17, 15) is 4.79 Å². The number of carbonyl (C=O) groups excluding carboxylic acids is 1. The topological polar surface area (TPSA) is 41.5 Å². The van der Waals surface area contributed by atoms with Gasteiger partial charge in [0, 0.05) is 36.9 Å². The van der Waals surface area contributed by atoms with Crippen molar-refractivity contribution in [2.45, 2.75) is 12.3 Å². The highest BCUT2D eigenvalue weighted by Crippen LogP contribution is 2.24. The second kappa shape index (κ2) is 5.50. The van der Waals surface area contributed by atoms with Gasteiger partial charge in [0.2, 0.25) is 0 Å². The minimum absolute atomic E-state index is 0.0986. The first-order chi connectivity index (χ1) is 10.8. The molecule has 4 rings (SSSR count). The van der Waals surface area contributed by atoms with Crippen LogP contribution < -0.4 is 5.32 Å². The summed E-state index contributed by atoms with van der Waals surface area (Å²) in [5.41, 5.74) is 4.20. The van der Waals surface area contributed by atoms with E-state index in [1.807, 2.05) is 18.2 Å². The number of nitrogens with zero attached hydrogens (tertiary/aromatic N) is 1. The minimum atomic E-state index is -0.0986. The molecule has 1 fully saturated rings. The van der Waals surface area contributed by atoms with Gasteiger partial charge >= 0.3 is 0 Å². The number of fused-ring (bicyclic) bond motifs is 1. The Balaban J connectivity index is 1.51. The molecule has 1 aromatic carbocycles. The monoisotopic (exact) mass is 290 g/mol. The van der Waals surface area contributed by atoms with E-state index in [0.717, 1.165) is 24.4 Å². The van der Waals surface area contributed by atoms with Gasteiger partial charge in [-0.15, -0.1) is 0 Å². The number of rotatable bonds is 3. The Labute approximate surface area is 130 Å². The zero-order valence-electron chi connectivity index (χ0n) is 12.3. The highest BCUT2D eigenvalue weighted by Gasteiger charge is 2.22. The molecule has 1 saturated heterocycles. The summed E-state index contributed by atoms with van der Waals surface area (Å²) in [4.78, 5) is 16.4. The van der Waals surface area contributed by atoms with Crippen molar-refractivity contribution in [1.29, 1.82) is 0 Å². The van der Waals surface area contributed by atoms with Gasteiger partial charge in [-0.2, -0.15) is 0 Å². The molecule has 1 amide bonds. The van der Waals surface area contributed by atoms with Crippen molar-refractivity contribution >= 4 is 11.6 Å². The standard InChI is InChI=1S/C19H18N2O/c22-19-16(10-15-3-1-2-4-18(15)21-19)9-13-5-7-14(8-6-13)17-11-20-12-17/h1-8,10,15,17,20H,9,11-12H2. The van der Waals surface area contributed by atoms with Crippen molar-refractivity contribution in [2.75, 3.05) is 13.1 Å². The lowest BCUT2D eigenvalue weighted by Crippen LogP contribution is -2.39. The zero-order valence-corrected chi connectivity index (χ0v) is 12.3. The SMILES string of the molecule is O=C1N=C2C=CC=CC2C=C1Cc1ccc(C2CNC2)cc1. The van der Waals surface area contributed by atoms with E-state index in [0.29, 0.717) is 12.3 Å². The summed E-state index contributed by atoms with van der Waals surface area (Å²) in [5, 5.41) is 3.29. The lowest BCUT2D eigenvalue weighted by Gasteiger charge is -2.27. The van der Waals surface area contributed by atoms with Gasteiger partial charge in [0.15, 0.2) is 0 Å². The molecule has 2 aliphatic heterocycles. The summed E-state index contributed by atoms with van der Waals surface area (Å²) in [5.74, 6) is 0.701. The predicted octanol–water partition coefficient (Wildman–Crippen LogP) is 2.57. The maximum Gasteiger partial charge on any atom is 0.273 e. The van der Waals surface area contributed by atoms with Gasteiger partial charge < -0.3 is 5.32 Å². The van der Waals surface area contributed by atoms with Crippen molar-refractivity contribution in [3.63, 3.8) is 0 Å². The van der Waals surface area contributed by atoms with Crippen molar-refractivity contribution in [3.05, 3.63) is 71.3 Å². The number of nitrogens with one attached hydrogen (secondary N) is 1. The second-order valence-electron chi connectivity index (χ2n) is 6.08. The molecule has 1 atom stereocenters. The van der Waals surface area contributed by atoms with Crippen molar-refractivity contribution in [1.82, 2.24) is 5.32 Å². The molecule has 1 unspecified atom stereocenters. The van der Waals surface area contributed by atoms with E-state index < -0.39 is 0 Å². The fourth-order valence-corrected chi connectivity index (χ4v) is 3.06. The smallest absolute Gasteiger partial charge is 0.273 e. The van der Waals surface area contributed by atoms with Crippen molar-refractivity contribution in [3.8, 4) is 0 Å². The molecule has 0 spiro atoms. The maximum absolute atomic E-state index is 12.2. The molecule has 3 heteroatoms. The summed E-state index contributed by atoms with van der Waals surface area (Å²) in [7, 11) is 0. The third kappa shape index (κ3) is 2.48. The van der Waals surface area contributed by atoms with Gasteiger partial charge in [-0.25, -0.2) is 4.99 Å². The Morgan fingerprint density at radius 2 is 1.95 bits per heavy atom. The molecule has 0 saturated carbocycles. The number of amides is 1. The van der Waals surface area contributed by atoms with Crippen LogP contribution in [0.4, 0.5) is 0 Å². The van der Waals surface area contributed by atoms with Crippen LogP contribution in [0.15, 0.2) is 65.2 Å². The fourth-order valence-electron chi connectivity index (χ4n) is 3.06. The number of carbonyl (C=O) groups is 1. The molecule has 110 valence electrons. The van der Waals surface area contributed by atoms with Crippen LogP contribution in [0.3, 0.4) is 0 Å². The zero-order chi connectivity index (χ0) is 14.9. The first-order valence-electron chi connectivity index (χ1n) is 7.77. The summed E-state index contributed by atoms with van der Waals surface area (Å²) < 4.78 is 0. The number of hydrogen-bond donors (Lipinski definition) is 1. The highest BCUT2D eigenvalue weighted by atomic mass is 16.1. The van der Waals surface area contributed by atoms with Crippen molar-refractivity contribution in [2.24, 2.45) is 10.9 Å². The van der Waals surface area contributed by atoms with Crippen LogP contribution >= 0.6 is 0 Å². The summed E-state index contributed by atoms with van der Waals surface area (Å²) in [6.45, 7) is 2.14. The first-order valence-corrected chi connectivity index (χ1v) is 7.77. The van der Waals surface area contributed by atoms with E-state index >= 15 is 0 Å². The molecule has 0 bridgehead atoms. The molecule has 22 heavy (non-hydrogen) atoms. The Morgan fingerprint density at radius 3 is 2.68 bits per heavy atom. The van der Waals surface area contributed by atoms with Crippen LogP contribution in [0.25, 0.3) is 0 Å². The number of hydrogen-bond acceptors (Lipinski definition) is 2. The fraction of sp³-hybridized carbons (Fsp3) is 0.263. The average molecular weight is 290 g/mol. The third-order valence-electron chi connectivity index (χ3n) is 4.55. The molecule has 1 aromatic rings. The number of allylic oxidation sites excluding steroid dienone is 5. The Bertz CT molecular complexity index is 718. The van der Waals surface area contributed by atoms with Crippen LogP contribution in [-0.4, -0.2) is 24.7 Å². The molecule has 3 aliphatic rings. The maximum atomic E-state index is 12.2. The van der Waals surface area contributed by atoms with Crippen LogP contribution in [0, 0.1) is 5.92 Å². The Kier molecular flexibility index (Phi) is 3.35. The van der Waals surface area contributed by atoms with Gasteiger partial charge in [0.25, 0.3) is 5.91 Å². The van der Waals surface area contributed by atoms with Crippen LogP contribution in [0.1, 0.15) is 17.0 Å². The highest BCUT2D eigenvalue weighted by molar-refractivity contribution is 6.13. The summed E-state index contributed by atoms with van der Waals surface area (Å²) in [6, 6.07) is 8.65. The largest absolute Gasteiger partial charge is 0.315 e. The summed E-state index contributed by atoms with van der Waals surface area (Å²) in [6.07, 6.45) is 10.6. The van der Waals surface area contributed by atoms with Crippen LogP contribution in [-0.2, 0) is 11.2 Å². The van der Waals surface area contributed by atoms with Gasteiger partial charge in [-0.1, -0.05) is 48.6 Å². The van der Waals surface area contributed by atoms with Crippen molar-refractivity contribution < 1.29 is 4.79 Å². The molecule has 1 aliphatic carbocycles. The first kappa shape index (κ1) is 13.4. The van der Waals surface area contributed by atoms with Gasteiger partial charge in [-0.3, -0.25) is 4.79 Å². The number of benzene rings is 1. The quantitative estimate of drug-likeness (QED) is 0.929. The third-order valence-corrected chi connectivity index (χ3v) is 4.55. The number of dihydropyridines is 1. The predicted molar refractivity (Wildman–Crippen MR) is 88.1 cm³/mol. The van der Waals surface area contributed by atoms with Gasteiger partial charge in [0.05, 0.1) is 5.71 Å². The molecule has 2 heterocycles. The lowest BCUT2D eigenvalue weighted by molar-refractivity contribution is -0.114. The van der Waals surface area contributed by atoms with Gasteiger partial charge in [0.1, 0.15) is 0 Å².